The molecule has 0 aliphatic heterocycles. The molecule has 100 valence electrons. The lowest BCUT2D eigenvalue weighted by molar-refractivity contribution is 0.0661. The Hall–Kier alpha value is -1.59. The summed E-state index contributed by atoms with van der Waals surface area (Å²) in [5.74, 6) is -0.661. The van der Waals surface area contributed by atoms with Crippen molar-refractivity contribution in [2.24, 2.45) is 0 Å². The molecule has 6 heteroatoms. The predicted molar refractivity (Wildman–Crippen MR) is 72.0 cm³/mol. The molecule has 0 saturated heterocycles. The molecule has 1 atom stereocenters. The molecule has 0 spiro atoms. The van der Waals surface area contributed by atoms with Gasteiger partial charge in [0.25, 0.3) is 0 Å². The zero-order valence-corrected chi connectivity index (χ0v) is 11.6. The fourth-order valence-electron chi connectivity index (χ4n) is 1.62. The molecule has 0 saturated carbocycles. The van der Waals surface area contributed by atoms with E-state index >= 15 is 0 Å². The van der Waals surface area contributed by atoms with Gasteiger partial charge >= 0.3 is 5.97 Å². The largest absolute Gasteiger partial charge is 0.475 e. The Morgan fingerprint density at radius 2 is 2.11 bits per heavy atom. The molecule has 19 heavy (non-hydrogen) atoms. The molecule has 1 unspecified atom stereocenters. The summed E-state index contributed by atoms with van der Waals surface area (Å²) in [4.78, 5) is 11.3. The van der Waals surface area contributed by atoms with E-state index in [1.807, 2.05) is 0 Å². The van der Waals surface area contributed by atoms with Crippen LogP contribution in [0.25, 0.3) is 0 Å². The van der Waals surface area contributed by atoms with Crippen LogP contribution in [0.1, 0.15) is 21.9 Å². The van der Waals surface area contributed by atoms with E-state index in [2.05, 4.69) is 0 Å². The average Bonchev–Trinajstić information content (AvgIpc) is 2.71. The summed E-state index contributed by atoms with van der Waals surface area (Å²) in [6, 6.07) is 8.26. The Balaban J connectivity index is 2.24. The molecule has 0 aliphatic rings. The first-order chi connectivity index (χ1) is 8.99. The van der Waals surface area contributed by atoms with Crippen LogP contribution < -0.4 is 0 Å². The Bertz CT molecular complexity index is 648. The van der Waals surface area contributed by atoms with Crippen LogP contribution in [-0.2, 0) is 16.6 Å². The van der Waals surface area contributed by atoms with E-state index in [0.29, 0.717) is 21.2 Å². The van der Waals surface area contributed by atoms with E-state index in [9.17, 15) is 9.00 Å². The topological polar surface area (TPSA) is 67.5 Å². The Kier molecular flexibility index (Phi) is 4.07. The molecule has 0 bridgehead atoms. The van der Waals surface area contributed by atoms with Gasteiger partial charge in [0.2, 0.25) is 5.76 Å². The van der Waals surface area contributed by atoms with E-state index in [4.69, 9.17) is 21.1 Å². The van der Waals surface area contributed by atoms with Crippen LogP contribution >= 0.6 is 11.6 Å². The lowest BCUT2D eigenvalue weighted by Crippen LogP contribution is -1.97. The van der Waals surface area contributed by atoms with E-state index in [0.717, 1.165) is 0 Å². The lowest BCUT2D eigenvalue weighted by atomic mass is 10.3. The molecule has 2 rings (SSSR count). The predicted octanol–water partition coefficient (Wildman–Crippen LogP) is 3.25. The minimum atomic E-state index is -1.34. The van der Waals surface area contributed by atoms with Crippen molar-refractivity contribution in [1.29, 1.82) is 0 Å². The molecule has 0 radical (unpaired) electrons. The third-order valence-electron chi connectivity index (χ3n) is 2.60. The number of hydrogen-bond donors (Lipinski definition) is 1. The van der Waals surface area contributed by atoms with E-state index in [1.54, 1.807) is 31.2 Å². The number of carbonyl (C=O) groups is 1. The normalized spacial score (nSPS) is 12.3. The van der Waals surface area contributed by atoms with Crippen LogP contribution in [0.3, 0.4) is 0 Å². The standard InChI is InChI=1S/C13H11ClO4S/c1-8-9(6-11(18-8)13(15)16)7-19(17)12-5-3-2-4-10(12)14/h2-6H,7H2,1H3,(H,15,16). The first-order valence-corrected chi connectivity index (χ1v) is 7.14. The van der Waals surface area contributed by atoms with Crippen molar-refractivity contribution in [2.75, 3.05) is 0 Å². The summed E-state index contributed by atoms with van der Waals surface area (Å²) in [6.45, 7) is 1.64. The van der Waals surface area contributed by atoms with Gasteiger partial charge in [0.1, 0.15) is 5.76 Å². The van der Waals surface area contributed by atoms with Crippen molar-refractivity contribution in [3.63, 3.8) is 0 Å². The Labute approximate surface area is 117 Å². The SMILES string of the molecule is Cc1oc(C(=O)O)cc1CS(=O)c1ccccc1Cl. The number of aromatic carboxylic acids is 1. The molecule has 1 aromatic carbocycles. The number of hydrogen-bond acceptors (Lipinski definition) is 3. The molecule has 1 heterocycles. The maximum atomic E-state index is 12.2. The van der Waals surface area contributed by atoms with Gasteiger partial charge in [-0.15, -0.1) is 0 Å². The van der Waals surface area contributed by atoms with Crippen molar-refractivity contribution in [1.82, 2.24) is 0 Å². The van der Waals surface area contributed by atoms with Gasteiger partial charge in [-0.3, -0.25) is 4.21 Å². The van der Waals surface area contributed by atoms with Gasteiger partial charge in [0.15, 0.2) is 0 Å². The molecular formula is C13H11ClO4S. The minimum absolute atomic E-state index is 0.149. The van der Waals surface area contributed by atoms with Crippen molar-refractivity contribution in [2.45, 2.75) is 17.6 Å². The van der Waals surface area contributed by atoms with Crippen LogP contribution in [0, 0.1) is 6.92 Å². The second-order valence-electron chi connectivity index (χ2n) is 3.92. The van der Waals surface area contributed by atoms with Gasteiger partial charge < -0.3 is 9.52 Å². The highest BCUT2D eigenvalue weighted by atomic mass is 35.5. The monoisotopic (exact) mass is 298 g/mol. The van der Waals surface area contributed by atoms with Crippen LogP contribution in [-0.4, -0.2) is 15.3 Å². The molecular weight excluding hydrogens is 288 g/mol. The average molecular weight is 299 g/mol. The molecule has 1 N–H and O–H groups in total. The van der Waals surface area contributed by atoms with Crippen molar-refractivity contribution >= 4 is 28.4 Å². The van der Waals surface area contributed by atoms with Crippen LogP contribution in [0.5, 0.6) is 0 Å². The summed E-state index contributed by atoms with van der Waals surface area (Å²) in [5, 5.41) is 9.26. The highest BCUT2D eigenvalue weighted by molar-refractivity contribution is 7.84. The smallest absolute Gasteiger partial charge is 0.371 e. The summed E-state index contributed by atoms with van der Waals surface area (Å²) in [6.07, 6.45) is 0. The molecule has 2 aromatic rings. The first-order valence-electron chi connectivity index (χ1n) is 5.44. The maximum absolute atomic E-state index is 12.2. The molecule has 0 amide bonds. The number of carboxylic acid groups (broad SMARTS) is 1. The lowest BCUT2D eigenvalue weighted by Gasteiger charge is -2.03. The number of carboxylic acids is 1. The second-order valence-corrected chi connectivity index (χ2v) is 5.74. The van der Waals surface area contributed by atoms with Gasteiger partial charge in [-0.1, -0.05) is 23.7 Å². The Morgan fingerprint density at radius 1 is 1.42 bits per heavy atom. The van der Waals surface area contributed by atoms with Gasteiger partial charge in [0, 0.05) is 5.56 Å². The molecule has 0 fully saturated rings. The second kappa shape index (κ2) is 5.59. The summed E-state index contributed by atoms with van der Waals surface area (Å²) < 4.78 is 17.3. The number of benzene rings is 1. The van der Waals surface area contributed by atoms with Gasteiger partial charge in [0.05, 0.1) is 26.5 Å². The van der Waals surface area contributed by atoms with Crippen molar-refractivity contribution < 1.29 is 18.5 Å². The van der Waals surface area contributed by atoms with Crippen molar-refractivity contribution in [3.05, 3.63) is 52.4 Å². The van der Waals surface area contributed by atoms with E-state index in [1.165, 1.54) is 6.07 Å². The van der Waals surface area contributed by atoms with E-state index in [-0.39, 0.29) is 11.5 Å². The maximum Gasteiger partial charge on any atom is 0.371 e. The molecule has 0 aliphatic carbocycles. The number of halogens is 1. The third-order valence-corrected chi connectivity index (χ3v) is 4.46. The van der Waals surface area contributed by atoms with Crippen LogP contribution in [0.4, 0.5) is 0 Å². The van der Waals surface area contributed by atoms with Crippen molar-refractivity contribution in [3.8, 4) is 0 Å². The fourth-order valence-corrected chi connectivity index (χ4v) is 3.25. The quantitative estimate of drug-likeness (QED) is 0.941. The summed E-state index contributed by atoms with van der Waals surface area (Å²) in [5.41, 5.74) is 0.607. The van der Waals surface area contributed by atoms with Gasteiger partial charge in [-0.05, 0) is 25.1 Å². The number of rotatable bonds is 4. The van der Waals surface area contributed by atoms with E-state index < -0.39 is 16.8 Å². The number of furan rings is 1. The zero-order valence-electron chi connectivity index (χ0n) is 10.1. The molecule has 4 nitrogen and oxygen atoms in total. The summed E-state index contributed by atoms with van der Waals surface area (Å²) >= 11 is 5.97. The third kappa shape index (κ3) is 3.05. The van der Waals surface area contributed by atoms with Crippen LogP contribution in [0.2, 0.25) is 5.02 Å². The Morgan fingerprint density at radius 3 is 2.68 bits per heavy atom. The highest BCUT2D eigenvalue weighted by Crippen LogP contribution is 2.23. The van der Waals surface area contributed by atoms with Crippen LogP contribution in [0.15, 0.2) is 39.6 Å². The first kappa shape index (κ1) is 13.8. The highest BCUT2D eigenvalue weighted by Gasteiger charge is 2.16. The summed E-state index contributed by atoms with van der Waals surface area (Å²) in [7, 11) is -1.34. The minimum Gasteiger partial charge on any atom is -0.475 e. The molecule has 1 aromatic heterocycles. The number of aryl methyl sites for hydroxylation is 1. The van der Waals surface area contributed by atoms with Gasteiger partial charge in [-0.25, -0.2) is 4.79 Å². The van der Waals surface area contributed by atoms with Gasteiger partial charge in [-0.2, -0.15) is 0 Å². The zero-order chi connectivity index (χ0) is 14.0. The fraction of sp³-hybridized carbons (Fsp3) is 0.154.